The molecule has 1 unspecified atom stereocenters. The summed E-state index contributed by atoms with van der Waals surface area (Å²) in [6.45, 7) is 2.01. The zero-order valence-electron chi connectivity index (χ0n) is 12.1. The molecule has 0 heterocycles. The summed E-state index contributed by atoms with van der Waals surface area (Å²) in [5.41, 5.74) is 0.0257. The van der Waals surface area contributed by atoms with Gasteiger partial charge in [0.05, 0.1) is 18.2 Å². The van der Waals surface area contributed by atoms with Crippen molar-refractivity contribution in [3.8, 4) is 5.75 Å². The molecule has 0 aromatic heterocycles. The molecule has 1 rings (SSSR count). The molecule has 124 valence electrons. The molecule has 0 spiro atoms. The Bertz CT molecular complexity index is 521. The van der Waals surface area contributed by atoms with Crippen LogP contribution in [-0.4, -0.2) is 29.9 Å². The van der Waals surface area contributed by atoms with Crippen molar-refractivity contribution in [3.63, 3.8) is 0 Å². The van der Waals surface area contributed by atoms with Crippen LogP contribution in [0.25, 0.3) is 0 Å². The normalized spacial score (nSPS) is 13.1. The van der Waals surface area contributed by atoms with Crippen LogP contribution in [-0.2, 0) is 4.79 Å². The van der Waals surface area contributed by atoms with E-state index in [-0.39, 0.29) is 28.8 Å². The van der Waals surface area contributed by atoms with Crippen LogP contribution in [0.2, 0.25) is 5.02 Å². The lowest BCUT2D eigenvalue weighted by Crippen LogP contribution is -2.24. The zero-order valence-corrected chi connectivity index (χ0v) is 12.8. The van der Waals surface area contributed by atoms with Gasteiger partial charge >= 0.3 is 6.18 Å². The number of hydrogen-bond donors (Lipinski definition) is 2. The minimum atomic E-state index is -4.49. The highest BCUT2D eigenvalue weighted by Gasteiger charge is 2.29. The summed E-state index contributed by atoms with van der Waals surface area (Å²) in [7, 11) is 0. The van der Waals surface area contributed by atoms with Gasteiger partial charge in [0.1, 0.15) is 5.75 Å². The number of hydrogen-bond acceptors (Lipinski definition) is 3. The first-order chi connectivity index (χ1) is 10.1. The number of nitrogens with one attached hydrogen (secondary N) is 1. The Hall–Kier alpha value is -1.47. The lowest BCUT2D eigenvalue weighted by Gasteiger charge is -2.16. The Labute approximate surface area is 131 Å². The molecule has 0 radical (unpaired) electrons. The summed E-state index contributed by atoms with van der Waals surface area (Å²) in [6, 6.07) is 3.88. The number of alkyl halides is 3. The molecule has 0 bridgehead atoms. The Morgan fingerprint density at radius 3 is 2.59 bits per heavy atom. The van der Waals surface area contributed by atoms with Crippen molar-refractivity contribution in [2.24, 2.45) is 5.92 Å². The lowest BCUT2D eigenvalue weighted by molar-refractivity contribution is -0.153. The van der Waals surface area contributed by atoms with Crippen LogP contribution in [0.15, 0.2) is 18.2 Å². The van der Waals surface area contributed by atoms with Crippen molar-refractivity contribution < 1.29 is 27.8 Å². The van der Waals surface area contributed by atoms with Crippen LogP contribution < -0.4 is 10.1 Å². The number of carbonyl (C=O) groups is 1. The van der Waals surface area contributed by atoms with Gasteiger partial charge in [0.15, 0.2) is 6.61 Å². The van der Waals surface area contributed by atoms with Crippen LogP contribution in [0.1, 0.15) is 20.3 Å². The molecule has 22 heavy (non-hydrogen) atoms. The second-order valence-electron chi connectivity index (χ2n) is 5.11. The fourth-order valence-corrected chi connectivity index (χ4v) is 1.68. The van der Waals surface area contributed by atoms with Crippen LogP contribution in [0, 0.1) is 5.92 Å². The Morgan fingerprint density at radius 2 is 2.05 bits per heavy atom. The monoisotopic (exact) mass is 339 g/mol. The third-order valence-corrected chi connectivity index (χ3v) is 3.01. The lowest BCUT2D eigenvalue weighted by atomic mass is 10.0. The SMILES string of the molecule is CC(C)C(O)CC(=O)Nc1cc(Cl)ccc1OCC(F)(F)F. The summed E-state index contributed by atoms with van der Waals surface area (Å²) in [5.74, 6) is -0.805. The zero-order chi connectivity index (χ0) is 16.9. The average molecular weight is 340 g/mol. The average Bonchev–Trinajstić information content (AvgIpc) is 2.36. The van der Waals surface area contributed by atoms with E-state index < -0.39 is 24.8 Å². The number of aliphatic hydroxyl groups excluding tert-OH is 1. The highest BCUT2D eigenvalue weighted by Crippen LogP contribution is 2.30. The molecule has 0 aliphatic carbocycles. The molecule has 0 saturated carbocycles. The number of aliphatic hydroxyl groups is 1. The maximum absolute atomic E-state index is 12.2. The Kier molecular flexibility index (Phi) is 6.49. The number of carbonyl (C=O) groups excluding carboxylic acids is 1. The van der Waals surface area contributed by atoms with Crippen molar-refractivity contribution in [1.29, 1.82) is 0 Å². The van der Waals surface area contributed by atoms with E-state index in [0.29, 0.717) is 0 Å². The molecule has 1 amide bonds. The summed E-state index contributed by atoms with van der Waals surface area (Å²) in [5, 5.41) is 12.3. The molecular weight excluding hydrogens is 323 g/mol. The molecule has 0 fully saturated rings. The highest BCUT2D eigenvalue weighted by molar-refractivity contribution is 6.31. The molecule has 0 aliphatic heterocycles. The van der Waals surface area contributed by atoms with E-state index in [9.17, 15) is 23.1 Å². The van der Waals surface area contributed by atoms with Crippen molar-refractivity contribution in [2.75, 3.05) is 11.9 Å². The molecule has 1 aromatic carbocycles. The first-order valence-corrected chi connectivity index (χ1v) is 6.93. The first-order valence-electron chi connectivity index (χ1n) is 6.55. The van der Waals surface area contributed by atoms with E-state index in [2.05, 4.69) is 10.1 Å². The summed E-state index contributed by atoms with van der Waals surface area (Å²) < 4.78 is 41.3. The third-order valence-electron chi connectivity index (χ3n) is 2.77. The van der Waals surface area contributed by atoms with Gasteiger partial charge < -0.3 is 15.2 Å². The number of ether oxygens (including phenoxy) is 1. The predicted octanol–water partition coefficient (Wildman–Crippen LogP) is 3.63. The van der Waals surface area contributed by atoms with E-state index >= 15 is 0 Å². The van der Waals surface area contributed by atoms with E-state index in [1.807, 2.05) is 0 Å². The van der Waals surface area contributed by atoms with Gasteiger partial charge in [-0.05, 0) is 24.1 Å². The number of halogens is 4. The van der Waals surface area contributed by atoms with Gasteiger partial charge in [-0.3, -0.25) is 4.79 Å². The number of benzene rings is 1. The minimum Gasteiger partial charge on any atom is -0.482 e. The standard InChI is InChI=1S/C14H17ClF3NO3/c1-8(2)11(20)6-13(21)19-10-5-9(15)3-4-12(10)22-7-14(16,17)18/h3-5,8,11,20H,6-7H2,1-2H3,(H,19,21). The molecule has 8 heteroatoms. The molecule has 4 nitrogen and oxygen atoms in total. The van der Waals surface area contributed by atoms with Gasteiger partial charge in [-0.2, -0.15) is 13.2 Å². The first kappa shape index (κ1) is 18.6. The predicted molar refractivity (Wildman–Crippen MR) is 77.1 cm³/mol. The second kappa shape index (κ2) is 7.69. The van der Waals surface area contributed by atoms with E-state index in [1.165, 1.54) is 18.2 Å². The smallest absolute Gasteiger partial charge is 0.422 e. The maximum Gasteiger partial charge on any atom is 0.422 e. The largest absolute Gasteiger partial charge is 0.482 e. The topological polar surface area (TPSA) is 58.6 Å². The van der Waals surface area contributed by atoms with Gasteiger partial charge in [0, 0.05) is 5.02 Å². The van der Waals surface area contributed by atoms with Crippen LogP contribution >= 0.6 is 11.6 Å². The molecule has 0 saturated heterocycles. The molecule has 1 aromatic rings. The van der Waals surface area contributed by atoms with Gasteiger partial charge in [-0.1, -0.05) is 25.4 Å². The van der Waals surface area contributed by atoms with Gasteiger partial charge in [0.2, 0.25) is 5.91 Å². The van der Waals surface area contributed by atoms with E-state index in [4.69, 9.17) is 11.6 Å². The van der Waals surface area contributed by atoms with Crippen molar-refractivity contribution in [1.82, 2.24) is 0 Å². The molecule has 1 atom stereocenters. The second-order valence-corrected chi connectivity index (χ2v) is 5.54. The van der Waals surface area contributed by atoms with E-state index in [0.717, 1.165) is 0 Å². The summed E-state index contributed by atoms with van der Waals surface area (Å²) in [6.07, 6.45) is -5.52. The highest BCUT2D eigenvalue weighted by atomic mass is 35.5. The number of amides is 1. The molecule has 2 N–H and O–H groups in total. The van der Waals surface area contributed by atoms with Gasteiger partial charge in [-0.25, -0.2) is 0 Å². The van der Waals surface area contributed by atoms with Crippen molar-refractivity contribution in [3.05, 3.63) is 23.2 Å². The minimum absolute atomic E-state index is 0.0257. The van der Waals surface area contributed by atoms with Crippen LogP contribution in [0.5, 0.6) is 5.75 Å². The third kappa shape index (κ3) is 6.53. The summed E-state index contributed by atoms with van der Waals surface area (Å²) >= 11 is 5.77. The van der Waals surface area contributed by atoms with Crippen molar-refractivity contribution >= 4 is 23.2 Å². The maximum atomic E-state index is 12.2. The Balaban J connectivity index is 2.79. The summed E-state index contributed by atoms with van der Waals surface area (Å²) in [4.78, 5) is 11.8. The van der Waals surface area contributed by atoms with E-state index in [1.54, 1.807) is 13.8 Å². The fourth-order valence-electron chi connectivity index (χ4n) is 1.51. The quantitative estimate of drug-likeness (QED) is 0.832. The van der Waals surface area contributed by atoms with Crippen LogP contribution in [0.3, 0.4) is 0 Å². The van der Waals surface area contributed by atoms with Crippen molar-refractivity contribution in [2.45, 2.75) is 32.5 Å². The molecular formula is C14H17ClF3NO3. The fraction of sp³-hybridized carbons (Fsp3) is 0.500. The molecule has 0 aliphatic rings. The van der Waals surface area contributed by atoms with Gasteiger partial charge in [-0.15, -0.1) is 0 Å². The van der Waals surface area contributed by atoms with Gasteiger partial charge in [0.25, 0.3) is 0 Å². The number of rotatable bonds is 6. The number of anilines is 1. The van der Waals surface area contributed by atoms with Crippen LogP contribution in [0.4, 0.5) is 18.9 Å². The Morgan fingerprint density at radius 1 is 1.41 bits per heavy atom.